The second-order valence-electron chi connectivity index (χ2n) is 24.4. The number of aromatic amines is 2. The number of H-pyrrole nitrogens is 2. The van der Waals surface area contributed by atoms with Crippen LogP contribution in [0.25, 0.3) is 10.9 Å². The van der Waals surface area contributed by atoms with Gasteiger partial charge in [-0.2, -0.15) is 0 Å². The minimum Gasteiger partial charge on any atom is -0.480 e. The smallest absolute Gasteiger partial charge is 0.326 e. The van der Waals surface area contributed by atoms with Crippen LogP contribution in [-0.2, 0) is 84.8 Å². The molecule has 0 unspecified atom stereocenters. The van der Waals surface area contributed by atoms with Crippen molar-refractivity contribution in [2.24, 2.45) is 34.8 Å². The highest BCUT2D eigenvalue weighted by Crippen LogP contribution is 2.24. The first-order valence-electron chi connectivity index (χ1n) is 31.7. The molecule has 2 aromatic heterocycles. The fraction of sp³-hybridized carbons (Fsp3) is 0.574. The number of aliphatic hydroxyl groups is 1. The number of carboxylic acid groups (broad SMARTS) is 1. The summed E-state index contributed by atoms with van der Waals surface area (Å²) in [6, 6.07) is -8.39. The van der Waals surface area contributed by atoms with E-state index < -0.39 is 193 Å². The number of hydrogen-bond donors (Lipinski definition) is 17. The van der Waals surface area contributed by atoms with Crippen molar-refractivity contribution in [2.75, 3.05) is 26.2 Å². The first-order valence-corrected chi connectivity index (χ1v) is 31.7. The number of carboxylic acids is 1. The van der Waals surface area contributed by atoms with Gasteiger partial charge < -0.3 is 101 Å². The molecule has 14 amide bonds. The summed E-state index contributed by atoms with van der Waals surface area (Å²) >= 11 is 0. The van der Waals surface area contributed by atoms with Crippen LogP contribution in [0.4, 0.5) is 0 Å². The van der Waals surface area contributed by atoms with E-state index >= 15 is 0 Å². The molecule has 21 N–H and O–H groups in total. The van der Waals surface area contributed by atoms with E-state index in [1.165, 1.54) is 29.2 Å². The maximum atomic E-state index is 14.6. The van der Waals surface area contributed by atoms with Crippen LogP contribution in [-0.4, -0.2) is 216 Å². The number of hydrogen-bond acceptors (Lipinski definition) is 18. The maximum absolute atomic E-state index is 14.6. The largest absolute Gasteiger partial charge is 0.480 e. The molecule has 12 atom stereocenters. The van der Waals surface area contributed by atoms with Gasteiger partial charge in [0.15, 0.2) is 0 Å². The average molecular weight is 1350 g/mol. The zero-order chi connectivity index (χ0) is 71.1. The van der Waals surface area contributed by atoms with Crippen molar-refractivity contribution in [3.05, 3.63) is 54.2 Å². The lowest BCUT2D eigenvalue weighted by Crippen LogP contribution is -2.60. The number of para-hydroxylation sites is 1. The molecule has 5 rings (SSSR count). The molecule has 0 spiro atoms. The molecule has 0 aliphatic carbocycles. The number of primary amides is 3. The van der Waals surface area contributed by atoms with Crippen LogP contribution in [0.5, 0.6) is 0 Å². The lowest BCUT2D eigenvalue weighted by atomic mass is 9.97. The summed E-state index contributed by atoms with van der Waals surface area (Å²) in [4.78, 5) is 213. The lowest BCUT2D eigenvalue weighted by Gasteiger charge is -2.31. The van der Waals surface area contributed by atoms with Gasteiger partial charge in [-0.25, -0.2) is 9.78 Å². The Morgan fingerprint density at radius 1 is 0.625 bits per heavy atom. The SMILES string of the molecule is CC[C@H](C)[C@H](NC(=O)[C@H](Cc1c[nH]c2ccccc12)NC(=O)[C@H](CCC(N)=O)NC(=O)[C@H](CC(N)=O)NC(=O)[C@@H](N)CO)C(=O)NCC(=O)N1CCC[C@H]1C(=O)N[C@@H](C)C(=O)N[C@@H](CC(C)C)C(=O)N1CCC[C@H]1C(=O)N[C@@H](CCC(N)=O)C(=O)N[C@@H](Cc1cnc[nH]1)C(=O)O. The Morgan fingerprint density at radius 2 is 1.18 bits per heavy atom. The van der Waals surface area contributed by atoms with E-state index in [9.17, 15) is 82.1 Å². The summed E-state index contributed by atoms with van der Waals surface area (Å²) < 4.78 is 0. The minimum atomic E-state index is -1.71. The van der Waals surface area contributed by atoms with Crippen molar-refractivity contribution in [3.63, 3.8) is 0 Å². The van der Waals surface area contributed by atoms with Gasteiger partial charge in [0.05, 0.1) is 25.9 Å². The molecule has 0 bridgehead atoms. The lowest BCUT2D eigenvalue weighted by molar-refractivity contribution is -0.144. The fourth-order valence-corrected chi connectivity index (χ4v) is 11.0. The molecule has 3 aromatic rings. The van der Waals surface area contributed by atoms with Crippen molar-refractivity contribution < 1.29 is 82.1 Å². The van der Waals surface area contributed by atoms with Gasteiger partial charge >= 0.3 is 5.97 Å². The Hall–Kier alpha value is -10.1. The zero-order valence-corrected chi connectivity index (χ0v) is 54.2. The number of fused-ring (bicyclic) bond motifs is 1. The van der Waals surface area contributed by atoms with Crippen LogP contribution in [0.2, 0.25) is 0 Å². The topological polar surface area (TPSA) is 560 Å². The van der Waals surface area contributed by atoms with Crippen LogP contribution in [0.15, 0.2) is 43.0 Å². The van der Waals surface area contributed by atoms with Crippen LogP contribution in [0, 0.1) is 11.8 Å². The van der Waals surface area contributed by atoms with E-state index in [4.69, 9.17) is 22.9 Å². The summed E-state index contributed by atoms with van der Waals surface area (Å²) in [6.07, 6.45) is 2.94. The Kier molecular flexibility index (Phi) is 29.2. The standard InChI is InChI=1S/C61H90N18O17/c1-6-31(4)50(77-56(90)40(22-33-25-67-37-12-8-7-11-35(33)37)74-53(87)38(15-17-46(63)81)71-55(89)41(24-48(65)83)73-52(86)36(62)28-80)59(93)68-27-49(84)78-19-9-13-44(78)57(91)70-32(5)51(85)75-42(21-30(2)3)60(94)79-20-10-14-45(79)58(92)72-39(16-18-47(64)82)54(88)76-43(61(95)96)23-34-26-66-29-69-34/h7-8,11-12,25-26,29-32,36,38-45,50,67,80H,6,9-10,13-24,27-28,62H2,1-5H3,(H2,63,81)(H2,64,82)(H2,65,83)(H,66,69)(H,68,93)(H,70,91)(H,71,89)(H,72,92)(H,73,86)(H,74,87)(H,75,85)(H,76,88)(H,77,90)(H,95,96)/t31-,32-,36-,38-,39-,40-,41-,42-,43-,44-,45-,50-/m0/s1. The third-order valence-electron chi connectivity index (χ3n) is 16.5. The van der Waals surface area contributed by atoms with Crippen molar-refractivity contribution >= 4 is 99.6 Å². The number of aliphatic carboxylic acids is 1. The van der Waals surface area contributed by atoms with Gasteiger partial charge in [-0.15, -0.1) is 0 Å². The number of nitrogens with zero attached hydrogens (tertiary/aromatic N) is 3. The monoisotopic (exact) mass is 1350 g/mol. The summed E-state index contributed by atoms with van der Waals surface area (Å²) in [5.41, 5.74) is 23.3. The number of nitrogens with one attached hydrogen (secondary N) is 11. The second kappa shape index (κ2) is 36.6. The van der Waals surface area contributed by atoms with Gasteiger partial charge in [-0.1, -0.05) is 52.3 Å². The van der Waals surface area contributed by atoms with Crippen molar-refractivity contribution in [1.29, 1.82) is 0 Å². The fourth-order valence-electron chi connectivity index (χ4n) is 11.0. The molecule has 0 radical (unpaired) electrons. The summed E-state index contributed by atoms with van der Waals surface area (Å²) in [5.74, 6) is -14.4. The van der Waals surface area contributed by atoms with E-state index in [1.54, 1.807) is 58.2 Å². The molecule has 4 heterocycles. The number of amides is 14. The number of imidazole rings is 1. The Bertz CT molecular complexity index is 3300. The molecule has 2 aliphatic rings. The highest BCUT2D eigenvalue weighted by atomic mass is 16.4. The number of carbonyl (C=O) groups excluding carboxylic acids is 14. The van der Waals surface area contributed by atoms with Crippen LogP contribution < -0.4 is 70.8 Å². The van der Waals surface area contributed by atoms with Gasteiger partial charge in [0.25, 0.3) is 0 Å². The normalized spacial score (nSPS) is 17.5. The number of aromatic nitrogens is 3. The predicted octanol–water partition coefficient (Wildman–Crippen LogP) is -5.42. The molecule has 0 saturated carbocycles. The van der Waals surface area contributed by atoms with Crippen molar-refractivity contribution in [1.82, 2.24) is 72.6 Å². The van der Waals surface area contributed by atoms with E-state index in [0.717, 1.165) is 0 Å². The van der Waals surface area contributed by atoms with Crippen molar-refractivity contribution in [3.8, 4) is 0 Å². The Balaban J connectivity index is 1.25. The van der Waals surface area contributed by atoms with Gasteiger partial charge in [-0.05, 0) is 75.3 Å². The van der Waals surface area contributed by atoms with Gasteiger partial charge in [-0.3, -0.25) is 67.1 Å². The number of aliphatic hydroxyl groups excluding tert-OH is 1. The summed E-state index contributed by atoms with van der Waals surface area (Å²) in [7, 11) is 0. The first kappa shape index (κ1) is 76.7. The average Bonchev–Trinajstić information content (AvgIpc) is 1.61. The molecule has 2 aliphatic heterocycles. The summed E-state index contributed by atoms with van der Waals surface area (Å²) in [5, 5.41) is 42.5. The number of benzene rings is 1. The summed E-state index contributed by atoms with van der Waals surface area (Å²) in [6.45, 7) is 7.01. The molecular weight excluding hydrogens is 1260 g/mol. The van der Waals surface area contributed by atoms with E-state index in [-0.39, 0.29) is 64.0 Å². The highest BCUT2D eigenvalue weighted by Gasteiger charge is 2.42. The Labute approximate surface area is 552 Å². The second-order valence-corrected chi connectivity index (χ2v) is 24.4. The van der Waals surface area contributed by atoms with E-state index in [2.05, 4.69) is 62.8 Å². The molecule has 35 nitrogen and oxygen atoms in total. The quantitative estimate of drug-likeness (QED) is 0.0255. The zero-order valence-electron chi connectivity index (χ0n) is 54.2. The maximum Gasteiger partial charge on any atom is 0.326 e. The van der Waals surface area contributed by atoms with Gasteiger partial charge in [0.1, 0.15) is 66.5 Å². The van der Waals surface area contributed by atoms with Gasteiger partial charge in [0.2, 0.25) is 82.7 Å². The van der Waals surface area contributed by atoms with E-state index in [1.807, 2.05) is 0 Å². The number of nitrogens with two attached hydrogens (primary N) is 4. The third kappa shape index (κ3) is 22.6. The Morgan fingerprint density at radius 3 is 1.76 bits per heavy atom. The number of rotatable bonds is 38. The molecule has 526 valence electrons. The highest BCUT2D eigenvalue weighted by molar-refractivity contribution is 6.00. The molecule has 1 aromatic carbocycles. The number of carbonyl (C=O) groups is 15. The third-order valence-corrected chi connectivity index (χ3v) is 16.5. The molecule has 2 fully saturated rings. The molecule has 35 heteroatoms. The number of likely N-dealkylation sites (tertiary alicyclic amines) is 2. The van der Waals surface area contributed by atoms with E-state index in [0.29, 0.717) is 41.4 Å². The van der Waals surface area contributed by atoms with Crippen LogP contribution in [0.3, 0.4) is 0 Å². The first-order chi connectivity index (χ1) is 45.4. The molecule has 2 saturated heterocycles. The van der Waals surface area contributed by atoms with Gasteiger partial charge in [0, 0.05) is 67.8 Å². The minimum absolute atomic E-state index is 0.0776. The van der Waals surface area contributed by atoms with Crippen LogP contribution >= 0.6 is 0 Å². The predicted molar refractivity (Wildman–Crippen MR) is 340 cm³/mol. The van der Waals surface area contributed by atoms with Crippen molar-refractivity contribution in [2.45, 2.75) is 185 Å². The van der Waals surface area contributed by atoms with Crippen LogP contribution in [0.1, 0.15) is 117 Å². The molecular formula is C61H90N18O17. The molecule has 96 heavy (non-hydrogen) atoms.